The van der Waals surface area contributed by atoms with Gasteiger partial charge in [0.15, 0.2) is 0 Å². The molecule has 0 fully saturated rings. The fourth-order valence-electron chi connectivity index (χ4n) is 3.42. The lowest BCUT2D eigenvalue weighted by molar-refractivity contribution is -0.137. The van der Waals surface area contributed by atoms with E-state index in [4.69, 9.17) is 15.6 Å². The number of pyridine rings is 1. The largest absolute Gasteiger partial charge is 0.424 e. The maximum atomic E-state index is 12.1. The molecule has 0 radical (unpaired) electrons. The number of carbonyl (C=O) groups excluding carboxylic acids is 2. The highest BCUT2D eigenvalue weighted by Crippen LogP contribution is 2.38. The van der Waals surface area contributed by atoms with Crippen molar-refractivity contribution in [2.24, 2.45) is 5.73 Å². The molecule has 0 aliphatic heterocycles. The van der Waals surface area contributed by atoms with Crippen molar-refractivity contribution >= 4 is 33.7 Å². The highest BCUT2D eigenvalue weighted by Gasteiger charge is 2.20. The number of fused-ring (bicyclic) bond motifs is 3. The summed E-state index contributed by atoms with van der Waals surface area (Å²) in [5.74, 6) is -1.10. The van der Waals surface area contributed by atoms with Crippen LogP contribution in [0.1, 0.15) is 16.1 Å². The summed E-state index contributed by atoms with van der Waals surface area (Å²) in [6.45, 7) is -0.286. The number of hydrogen-bond acceptors (Lipinski definition) is 5. The number of aliphatic hydroxyl groups excluding tert-OH is 1. The topological polar surface area (TPSA) is 107 Å². The summed E-state index contributed by atoms with van der Waals surface area (Å²) in [6, 6.07) is 16.2. The molecule has 0 saturated carbocycles. The fourth-order valence-corrected chi connectivity index (χ4v) is 3.42. The first-order chi connectivity index (χ1) is 13.6. The van der Waals surface area contributed by atoms with Crippen LogP contribution in [0.2, 0.25) is 0 Å². The molecule has 0 saturated heterocycles. The SMILES string of the molecule is NC(=O)c1cccc2c1c1c(OC(=O)CO)cccc1n2Cc1ccccn1. The Morgan fingerprint density at radius 3 is 2.43 bits per heavy atom. The molecule has 3 N–H and O–H groups in total. The van der Waals surface area contributed by atoms with Crippen molar-refractivity contribution in [3.63, 3.8) is 0 Å². The third kappa shape index (κ3) is 2.97. The van der Waals surface area contributed by atoms with Gasteiger partial charge in [-0.15, -0.1) is 0 Å². The number of esters is 1. The van der Waals surface area contributed by atoms with Crippen LogP contribution in [0, 0.1) is 0 Å². The molecule has 7 nitrogen and oxygen atoms in total. The Morgan fingerprint density at radius 1 is 1.00 bits per heavy atom. The van der Waals surface area contributed by atoms with Crippen molar-refractivity contribution in [3.05, 3.63) is 72.1 Å². The summed E-state index contributed by atoms with van der Waals surface area (Å²) in [5.41, 5.74) is 8.30. The Hall–Kier alpha value is -3.71. The maximum Gasteiger partial charge on any atom is 0.337 e. The zero-order chi connectivity index (χ0) is 19.7. The minimum atomic E-state index is -0.783. The monoisotopic (exact) mass is 375 g/mol. The highest BCUT2D eigenvalue weighted by atomic mass is 16.5. The van der Waals surface area contributed by atoms with E-state index in [-0.39, 0.29) is 5.75 Å². The molecule has 4 rings (SSSR count). The molecular formula is C21H17N3O4. The van der Waals surface area contributed by atoms with Crippen molar-refractivity contribution in [1.82, 2.24) is 9.55 Å². The molecule has 0 spiro atoms. The van der Waals surface area contributed by atoms with Gasteiger partial charge in [0.25, 0.3) is 0 Å². The van der Waals surface area contributed by atoms with Gasteiger partial charge in [0.1, 0.15) is 12.4 Å². The van der Waals surface area contributed by atoms with Crippen LogP contribution < -0.4 is 10.5 Å². The summed E-state index contributed by atoms with van der Waals surface area (Å²) >= 11 is 0. The van der Waals surface area contributed by atoms with Crippen LogP contribution in [0.25, 0.3) is 21.8 Å². The molecular weight excluding hydrogens is 358 g/mol. The molecule has 140 valence electrons. The van der Waals surface area contributed by atoms with Gasteiger partial charge in [0, 0.05) is 17.1 Å². The number of benzene rings is 2. The van der Waals surface area contributed by atoms with E-state index >= 15 is 0 Å². The van der Waals surface area contributed by atoms with E-state index in [1.54, 1.807) is 30.5 Å². The van der Waals surface area contributed by atoms with E-state index < -0.39 is 18.5 Å². The predicted molar refractivity (Wildman–Crippen MR) is 104 cm³/mol. The second-order valence-electron chi connectivity index (χ2n) is 6.25. The number of aromatic nitrogens is 2. The van der Waals surface area contributed by atoms with Gasteiger partial charge in [-0.25, -0.2) is 4.79 Å². The Balaban J connectivity index is 2.06. The highest BCUT2D eigenvalue weighted by molar-refractivity contribution is 6.20. The zero-order valence-corrected chi connectivity index (χ0v) is 14.8. The molecule has 0 bridgehead atoms. The van der Waals surface area contributed by atoms with Gasteiger partial charge in [-0.1, -0.05) is 18.2 Å². The molecule has 0 aliphatic rings. The summed E-state index contributed by atoms with van der Waals surface area (Å²) in [6.07, 6.45) is 1.71. The smallest absolute Gasteiger partial charge is 0.337 e. The first-order valence-corrected chi connectivity index (χ1v) is 8.65. The molecule has 0 atom stereocenters. The normalized spacial score (nSPS) is 11.0. The standard InChI is InChI=1S/C21H17N3O4/c22-21(27)14-6-3-7-15-19(14)20-16(8-4-9-17(20)28-18(26)12-25)24(15)11-13-5-1-2-10-23-13/h1-10,25H,11-12H2,(H2,22,27). The number of carbonyl (C=O) groups is 2. The second kappa shape index (κ2) is 7.13. The van der Waals surface area contributed by atoms with E-state index in [1.165, 1.54) is 0 Å². The quantitative estimate of drug-likeness (QED) is 0.411. The summed E-state index contributed by atoms with van der Waals surface area (Å²) < 4.78 is 7.31. The van der Waals surface area contributed by atoms with Crippen molar-refractivity contribution < 1.29 is 19.4 Å². The van der Waals surface area contributed by atoms with Gasteiger partial charge < -0.3 is 20.1 Å². The van der Waals surface area contributed by atoms with E-state index in [0.29, 0.717) is 22.9 Å². The van der Waals surface area contributed by atoms with E-state index in [0.717, 1.165) is 16.7 Å². The van der Waals surface area contributed by atoms with Gasteiger partial charge in [-0.2, -0.15) is 0 Å². The van der Waals surface area contributed by atoms with E-state index in [1.807, 2.05) is 34.9 Å². The van der Waals surface area contributed by atoms with Crippen molar-refractivity contribution in [2.75, 3.05) is 6.61 Å². The van der Waals surface area contributed by atoms with Crippen LogP contribution in [0.15, 0.2) is 60.8 Å². The number of primary amides is 1. The predicted octanol–water partition coefficient (Wildman–Crippen LogP) is 2.23. The maximum absolute atomic E-state index is 12.1. The first kappa shape index (κ1) is 17.7. The van der Waals surface area contributed by atoms with E-state index in [2.05, 4.69) is 4.98 Å². The first-order valence-electron chi connectivity index (χ1n) is 8.65. The molecule has 7 heteroatoms. The lowest BCUT2D eigenvalue weighted by Crippen LogP contribution is -2.13. The molecule has 28 heavy (non-hydrogen) atoms. The van der Waals surface area contributed by atoms with Crippen LogP contribution in [-0.4, -0.2) is 33.1 Å². The molecule has 4 aromatic rings. The third-order valence-corrected chi connectivity index (χ3v) is 4.54. The number of nitrogens with two attached hydrogens (primary N) is 1. The van der Waals surface area contributed by atoms with Crippen LogP contribution >= 0.6 is 0 Å². The number of hydrogen-bond donors (Lipinski definition) is 2. The van der Waals surface area contributed by atoms with Crippen LogP contribution in [0.5, 0.6) is 5.75 Å². The number of amides is 1. The second-order valence-corrected chi connectivity index (χ2v) is 6.25. The number of ether oxygens (including phenoxy) is 1. The molecule has 2 aromatic heterocycles. The Kier molecular flexibility index (Phi) is 4.50. The molecule has 0 unspecified atom stereocenters. The van der Waals surface area contributed by atoms with Crippen LogP contribution in [-0.2, 0) is 11.3 Å². The molecule has 2 aromatic carbocycles. The Morgan fingerprint density at radius 2 is 1.75 bits per heavy atom. The lowest BCUT2D eigenvalue weighted by Gasteiger charge is -2.08. The van der Waals surface area contributed by atoms with Gasteiger partial charge in [0.2, 0.25) is 5.91 Å². The average Bonchev–Trinajstić information content (AvgIpc) is 3.03. The number of aliphatic hydroxyl groups is 1. The van der Waals surface area contributed by atoms with Crippen molar-refractivity contribution in [2.45, 2.75) is 6.54 Å². The fraction of sp³-hybridized carbons (Fsp3) is 0.0952. The number of nitrogens with zero attached hydrogens (tertiary/aromatic N) is 2. The molecule has 0 aliphatic carbocycles. The van der Waals surface area contributed by atoms with E-state index in [9.17, 15) is 9.59 Å². The summed E-state index contributed by atoms with van der Waals surface area (Å²) in [5, 5.41) is 10.2. The molecule has 1 amide bonds. The van der Waals surface area contributed by atoms with Gasteiger partial charge in [0.05, 0.1) is 28.7 Å². The van der Waals surface area contributed by atoms with Crippen molar-refractivity contribution in [3.8, 4) is 5.75 Å². The van der Waals surface area contributed by atoms with Crippen LogP contribution in [0.3, 0.4) is 0 Å². The lowest BCUT2D eigenvalue weighted by atomic mass is 10.1. The Bertz CT molecular complexity index is 1200. The Labute approximate surface area is 160 Å². The van der Waals surface area contributed by atoms with Gasteiger partial charge in [-0.05, 0) is 36.4 Å². The zero-order valence-electron chi connectivity index (χ0n) is 14.8. The van der Waals surface area contributed by atoms with Crippen molar-refractivity contribution in [1.29, 1.82) is 0 Å². The summed E-state index contributed by atoms with van der Waals surface area (Å²) in [7, 11) is 0. The molecule has 2 heterocycles. The third-order valence-electron chi connectivity index (χ3n) is 4.54. The number of rotatable bonds is 5. The average molecular weight is 375 g/mol. The minimum absolute atomic E-state index is 0.259. The van der Waals surface area contributed by atoms with Crippen LogP contribution in [0.4, 0.5) is 0 Å². The summed E-state index contributed by atoms with van der Waals surface area (Å²) in [4.78, 5) is 28.1. The van der Waals surface area contributed by atoms with Gasteiger partial charge in [-0.3, -0.25) is 9.78 Å². The van der Waals surface area contributed by atoms with Gasteiger partial charge >= 0.3 is 5.97 Å². The minimum Gasteiger partial charge on any atom is -0.424 e.